The number of nitro groups is 1. The second-order valence-corrected chi connectivity index (χ2v) is 8.10. The van der Waals surface area contributed by atoms with Crippen molar-refractivity contribution in [3.05, 3.63) is 70.8 Å². The number of anilines is 1. The Morgan fingerprint density at radius 1 is 1.11 bits per heavy atom. The molecule has 0 saturated heterocycles. The third-order valence-electron chi connectivity index (χ3n) is 3.52. The third kappa shape index (κ3) is 4.27. The lowest BCUT2D eigenvalue weighted by Gasteiger charge is -2.08. The van der Waals surface area contributed by atoms with Crippen molar-refractivity contribution in [2.75, 3.05) is 4.72 Å². The Hall–Kier alpha value is -3.44. The zero-order chi connectivity index (χ0) is 20.3. The van der Waals surface area contributed by atoms with E-state index in [0.29, 0.717) is 4.88 Å². The van der Waals surface area contributed by atoms with E-state index in [4.69, 9.17) is 9.84 Å². The molecular weight excluding hydrogens is 408 g/mol. The van der Waals surface area contributed by atoms with Gasteiger partial charge in [0, 0.05) is 17.0 Å². The fourth-order valence-electron chi connectivity index (χ4n) is 2.31. The number of hydrogen-bond donors (Lipinski definition) is 2. The number of sulfonamides is 1. The van der Waals surface area contributed by atoms with E-state index >= 15 is 0 Å². The molecule has 0 unspecified atom stereocenters. The molecule has 0 aliphatic heterocycles. The molecule has 144 valence electrons. The molecule has 0 aliphatic rings. The van der Waals surface area contributed by atoms with E-state index in [9.17, 15) is 23.3 Å². The maximum absolute atomic E-state index is 12.6. The monoisotopic (exact) mass is 420 g/mol. The summed E-state index contributed by atoms with van der Waals surface area (Å²) < 4.78 is 32.2. The van der Waals surface area contributed by atoms with Gasteiger partial charge >= 0.3 is 6.16 Å². The molecule has 1 aromatic heterocycles. The van der Waals surface area contributed by atoms with Crippen LogP contribution in [-0.4, -0.2) is 24.6 Å². The summed E-state index contributed by atoms with van der Waals surface area (Å²) >= 11 is 0.947. The molecule has 0 radical (unpaired) electrons. The highest BCUT2D eigenvalue weighted by molar-refractivity contribution is 7.92. The Bertz CT molecular complexity index is 1140. The van der Waals surface area contributed by atoms with Crippen LogP contribution >= 0.6 is 11.3 Å². The summed E-state index contributed by atoms with van der Waals surface area (Å²) in [6, 6.07) is 14.8. The van der Waals surface area contributed by atoms with Crippen LogP contribution in [0.25, 0.3) is 10.4 Å². The van der Waals surface area contributed by atoms with Gasteiger partial charge in [-0.3, -0.25) is 14.8 Å². The number of benzene rings is 2. The molecule has 3 aromatic rings. The van der Waals surface area contributed by atoms with E-state index in [1.807, 2.05) is 0 Å². The highest BCUT2D eigenvalue weighted by atomic mass is 32.2. The molecule has 9 nitrogen and oxygen atoms in total. The van der Waals surface area contributed by atoms with E-state index in [1.165, 1.54) is 18.2 Å². The average Bonchev–Trinajstić information content (AvgIpc) is 3.03. The van der Waals surface area contributed by atoms with Gasteiger partial charge in [0.1, 0.15) is 5.69 Å². The van der Waals surface area contributed by atoms with Crippen LogP contribution in [-0.2, 0) is 10.0 Å². The predicted octanol–water partition coefficient (Wildman–Crippen LogP) is 4.18. The van der Waals surface area contributed by atoms with Gasteiger partial charge in [0.15, 0.2) is 0 Å². The first-order valence-electron chi connectivity index (χ1n) is 7.63. The van der Waals surface area contributed by atoms with Crippen LogP contribution in [0.5, 0.6) is 5.06 Å². The lowest BCUT2D eigenvalue weighted by molar-refractivity contribution is -0.385. The van der Waals surface area contributed by atoms with Crippen LogP contribution in [0.1, 0.15) is 0 Å². The molecule has 0 atom stereocenters. The van der Waals surface area contributed by atoms with Crippen LogP contribution in [0.15, 0.2) is 65.6 Å². The Morgan fingerprint density at radius 3 is 2.46 bits per heavy atom. The molecule has 0 amide bonds. The Kier molecular flexibility index (Phi) is 5.29. The molecular formula is C17H12N2O7S2. The van der Waals surface area contributed by atoms with E-state index in [0.717, 1.165) is 29.0 Å². The summed E-state index contributed by atoms with van der Waals surface area (Å²) in [4.78, 5) is 21.4. The number of nitro benzene ring substituents is 1. The average molecular weight is 420 g/mol. The van der Waals surface area contributed by atoms with Crippen molar-refractivity contribution in [1.29, 1.82) is 0 Å². The number of carbonyl (C=O) groups is 1. The molecule has 0 aliphatic carbocycles. The normalized spacial score (nSPS) is 11.0. The van der Waals surface area contributed by atoms with Crippen LogP contribution in [0, 0.1) is 10.1 Å². The summed E-state index contributed by atoms with van der Waals surface area (Å²) in [6.45, 7) is 0. The van der Waals surface area contributed by atoms with Crippen molar-refractivity contribution in [3.8, 4) is 15.5 Å². The predicted molar refractivity (Wildman–Crippen MR) is 102 cm³/mol. The first kappa shape index (κ1) is 19.3. The number of carboxylic acid groups (broad SMARTS) is 1. The first-order chi connectivity index (χ1) is 13.3. The summed E-state index contributed by atoms with van der Waals surface area (Å²) in [6.07, 6.45) is -1.60. The van der Waals surface area contributed by atoms with Gasteiger partial charge in [-0.05, 0) is 17.7 Å². The smallest absolute Gasteiger partial charge is 0.449 e. The highest BCUT2D eigenvalue weighted by Crippen LogP contribution is 2.41. The van der Waals surface area contributed by atoms with Gasteiger partial charge in [0.2, 0.25) is 5.06 Å². The molecule has 0 bridgehead atoms. The number of nitrogens with zero attached hydrogens (tertiary/aromatic N) is 1. The highest BCUT2D eigenvalue weighted by Gasteiger charge is 2.22. The van der Waals surface area contributed by atoms with Gasteiger partial charge in [-0.15, -0.1) is 0 Å². The molecule has 1 heterocycles. The minimum atomic E-state index is -4.22. The number of nitrogens with one attached hydrogen (secondary N) is 1. The van der Waals surface area contributed by atoms with Crippen molar-refractivity contribution in [3.63, 3.8) is 0 Å². The first-order valence-corrected chi connectivity index (χ1v) is 9.93. The minimum absolute atomic E-state index is 0.0854. The topological polar surface area (TPSA) is 136 Å². The SMILES string of the molecule is O=C(O)Oc1sc(-c2ccccc2)cc1NS(=O)(=O)c1cccc([N+](=O)[O-])c1. The number of thiophene rings is 1. The lowest BCUT2D eigenvalue weighted by atomic mass is 10.2. The van der Waals surface area contributed by atoms with Crippen LogP contribution < -0.4 is 9.46 Å². The lowest BCUT2D eigenvalue weighted by Crippen LogP contribution is -2.14. The van der Waals surface area contributed by atoms with Gasteiger partial charge in [0.25, 0.3) is 15.7 Å². The largest absolute Gasteiger partial charge is 0.512 e. The number of non-ortho nitro benzene ring substituents is 1. The maximum atomic E-state index is 12.6. The molecule has 2 aromatic carbocycles. The van der Waals surface area contributed by atoms with E-state index in [-0.39, 0.29) is 21.3 Å². The number of rotatable bonds is 6. The van der Waals surface area contributed by atoms with E-state index < -0.39 is 21.1 Å². The zero-order valence-electron chi connectivity index (χ0n) is 13.9. The van der Waals surface area contributed by atoms with E-state index in [1.54, 1.807) is 30.3 Å². The van der Waals surface area contributed by atoms with Crippen molar-refractivity contribution < 1.29 is 28.0 Å². The maximum Gasteiger partial charge on any atom is 0.512 e. The van der Waals surface area contributed by atoms with Crippen LogP contribution in [0.4, 0.5) is 16.2 Å². The van der Waals surface area contributed by atoms with Crippen LogP contribution in [0.2, 0.25) is 0 Å². The van der Waals surface area contributed by atoms with Crippen molar-refractivity contribution in [2.24, 2.45) is 0 Å². The molecule has 0 saturated carbocycles. The summed E-state index contributed by atoms with van der Waals surface area (Å²) in [5.74, 6) is 0. The fourth-order valence-corrected chi connectivity index (χ4v) is 4.43. The zero-order valence-corrected chi connectivity index (χ0v) is 15.6. The molecule has 0 fully saturated rings. The summed E-state index contributed by atoms with van der Waals surface area (Å²) in [5, 5.41) is 19.6. The standard InChI is InChI=1S/C17H12N2O7S2/c20-17(21)26-16-14(10-15(27-16)11-5-2-1-3-6-11)18-28(24,25)13-8-4-7-12(9-13)19(22)23/h1-10,18H,(H,20,21). The Balaban J connectivity index is 2.00. The molecule has 0 spiro atoms. The summed E-state index contributed by atoms with van der Waals surface area (Å²) in [7, 11) is -4.22. The molecule has 3 rings (SSSR count). The van der Waals surface area contributed by atoms with Crippen molar-refractivity contribution >= 4 is 38.9 Å². The van der Waals surface area contributed by atoms with Crippen molar-refractivity contribution in [2.45, 2.75) is 4.90 Å². The minimum Gasteiger partial charge on any atom is -0.449 e. The quantitative estimate of drug-likeness (QED) is 0.347. The van der Waals surface area contributed by atoms with Gasteiger partial charge in [-0.25, -0.2) is 13.2 Å². The number of ether oxygens (including phenoxy) is 1. The molecule has 28 heavy (non-hydrogen) atoms. The van der Waals surface area contributed by atoms with Gasteiger partial charge in [-0.2, -0.15) is 0 Å². The third-order valence-corrected chi connectivity index (χ3v) is 5.94. The Labute approximate surface area is 163 Å². The second kappa shape index (κ2) is 7.66. The second-order valence-electron chi connectivity index (χ2n) is 5.41. The van der Waals surface area contributed by atoms with Gasteiger partial charge in [0.05, 0.1) is 9.82 Å². The van der Waals surface area contributed by atoms with Gasteiger partial charge < -0.3 is 9.84 Å². The van der Waals surface area contributed by atoms with E-state index in [2.05, 4.69) is 4.72 Å². The van der Waals surface area contributed by atoms with Crippen molar-refractivity contribution in [1.82, 2.24) is 0 Å². The fraction of sp³-hybridized carbons (Fsp3) is 0. The van der Waals surface area contributed by atoms with Gasteiger partial charge in [-0.1, -0.05) is 47.7 Å². The number of hydrogen-bond acceptors (Lipinski definition) is 7. The Morgan fingerprint density at radius 2 is 1.82 bits per heavy atom. The molecule has 2 N–H and O–H groups in total. The molecule has 11 heteroatoms. The summed E-state index contributed by atoms with van der Waals surface area (Å²) in [5.41, 5.74) is 0.265. The van der Waals surface area contributed by atoms with Crippen LogP contribution in [0.3, 0.4) is 0 Å².